The summed E-state index contributed by atoms with van der Waals surface area (Å²) in [5.41, 5.74) is 0.246. The number of benzene rings is 1. The van der Waals surface area contributed by atoms with Gasteiger partial charge in [-0.2, -0.15) is 0 Å². The van der Waals surface area contributed by atoms with Gasteiger partial charge in [0.15, 0.2) is 0 Å². The lowest BCUT2D eigenvalue weighted by Crippen LogP contribution is -2.31. The number of amides is 1. The lowest BCUT2D eigenvalue weighted by Gasteiger charge is -2.19. The highest BCUT2D eigenvalue weighted by atomic mass is 19.1. The molecule has 6 heteroatoms. The first-order valence-electron chi connectivity index (χ1n) is 4.86. The van der Waals surface area contributed by atoms with E-state index < -0.39 is 18.5 Å². The summed E-state index contributed by atoms with van der Waals surface area (Å²) >= 11 is 0. The van der Waals surface area contributed by atoms with Crippen molar-refractivity contribution in [2.45, 2.75) is 19.4 Å². The third-order valence-electron chi connectivity index (χ3n) is 2.70. The van der Waals surface area contributed by atoms with Gasteiger partial charge in [0, 0.05) is 5.46 Å². The van der Waals surface area contributed by atoms with Gasteiger partial charge < -0.3 is 15.0 Å². The minimum atomic E-state index is -1.22. The zero-order chi connectivity index (χ0) is 11.9. The predicted octanol–water partition coefficient (Wildman–Crippen LogP) is 0.347. The largest absolute Gasteiger partial charge is 0.494 e. The van der Waals surface area contributed by atoms with Crippen LogP contribution in [0.5, 0.6) is 0 Å². The first-order valence-corrected chi connectivity index (χ1v) is 4.86. The van der Waals surface area contributed by atoms with Gasteiger partial charge in [0.1, 0.15) is 5.82 Å². The molecule has 0 saturated heterocycles. The Kier molecular flexibility index (Phi) is 2.48. The standard InChI is InChI=1S/C10H11BFNO3/c1-10(2)6-3-4-7(12)9(13-5-14)8(6)11(15)16-10/h3-5,15H,1-2H3,(H,13,14). The van der Waals surface area contributed by atoms with Crippen LogP contribution in [0.3, 0.4) is 0 Å². The van der Waals surface area contributed by atoms with Gasteiger partial charge in [-0.25, -0.2) is 4.39 Å². The fraction of sp³-hybridized carbons (Fsp3) is 0.300. The SMILES string of the molecule is CC1(C)OB(O)c2c1ccc(F)c2NC=O. The van der Waals surface area contributed by atoms with Crippen molar-refractivity contribution >= 4 is 24.7 Å². The molecule has 16 heavy (non-hydrogen) atoms. The van der Waals surface area contributed by atoms with E-state index in [4.69, 9.17) is 4.65 Å². The summed E-state index contributed by atoms with van der Waals surface area (Å²) < 4.78 is 18.8. The zero-order valence-corrected chi connectivity index (χ0v) is 8.95. The lowest BCUT2D eigenvalue weighted by molar-refractivity contribution is -0.105. The van der Waals surface area contributed by atoms with Gasteiger partial charge in [-0.1, -0.05) is 6.07 Å². The van der Waals surface area contributed by atoms with E-state index in [0.29, 0.717) is 12.0 Å². The Bertz CT molecular complexity index is 450. The molecule has 4 nitrogen and oxygen atoms in total. The van der Waals surface area contributed by atoms with Crippen molar-refractivity contribution in [1.29, 1.82) is 0 Å². The van der Waals surface area contributed by atoms with E-state index in [0.717, 1.165) is 0 Å². The molecule has 0 aliphatic carbocycles. The second kappa shape index (κ2) is 3.57. The maximum Gasteiger partial charge on any atom is 0.494 e. The Labute approximate surface area is 92.6 Å². The molecule has 1 aromatic rings. The summed E-state index contributed by atoms with van der Waals surface area (Å²) in [6.45, 7) is 3.54. The highest BCUT2D eigenvalue weighted by Gasteiger charge is 2.43. The molecule has 0 spiro atoms. The second-order valence-corrected chi connectivity index (χ2v) is 4.13. The molecule has 0 atom stereocenters. The van der Waals surface area contributed by atoms with Crippen LogP contribution in [0.15, 0.2) is 12.1 Å². The van der Waals surface area contributed by atoms with Crippen molar-refractivity contribution in [3.63, 3.8) is 0 Å². The van der Waals surface area contributed by atoms with Crippen LogP contribution >= 0.6 is 0 Å². The van der Waals surface area contributed by atoms with Gasteiger partial charge in [0.25, 0.3) is 0 Å². The van der Waals surface area contributed by atoms with E-state index in [9.17, 15) is 14.2 Å². The molecule has 2 N–H and O–H groups in total. The quantitative estimate of drug-likeness (QED) is 0.561. The number of fused-ring (bicyclic) bond motifs is 1. The molecule has 0 radical (unpaired) electrons. The third kappa shape index (κ3) is 1.50. The van der Waals surface area contributed by atoms with Crippen molar-refractivity contribution in [3.8, 4) is 0 Å². The van der Waals surface area contributed by atoms with Crippen LogP contribution in [0.1, 0.15) is 19.4 Å². The zero-order valence-electron chi connectivity index (χ0n) is 8.95. The highest BCUT2D eigenvalue weighted by molar-refractivity contribution is 6.64. The van der Waals surface area contributed by atoms with Crippen molar-refractivity contribution in [2.24, 2.45) is 0 Å². The smallest absolute Gasteiger partial charge is 0.423 e. The molecule has 0 saturated carbocycles. The summed E-state index contributed by atoms with van der Waals surface area (Å²) in [5, 5.41) is 12.0. The molecule has 1 aromatic carbocycles. The fourth-order valence-electron chi connectivity index (χ4n) is 1.98. The van der Waals surface area contributed by atoms with Crippen LogP contribution in [0, 0.1) is 5.82 Å². The summed E-state index contributed by atoms with van der Waals surface area (Å²) in [6.07, 6.45) is 0.372. The van der Waals surface area contributed by atoms with E-state index in [2.05, 4.69) is 5.32 Å². The van der Waals surface area contributed by atoms with Crippen molar-refractivity contribution in [2.75, 3.05) is 5.32 Å². The van der Waals surface area contributed by atoms with Gasteiger partial charge in [-0.05, 0) is 25.5 Å². The van der Waals surface area contributed by atoms with Crippen LogP contribution in [0.4, 0.5) is 10.1 Å². The normalized spacial score (nSPS) is 17.1. The molecular weight excluding hydrogens is 212 g/mol. The molecule has 0 fully saturated rings. The maximum atomic E-state index is 13.5. The van der Waals surface area contributed by atoms with Gasteiger partial charge in [0.05, 0.1) is 11.3 Å². The van der Waals surface area contributed by atoms with Crippen LogP contribution in [0.25, 0.3) is 0 Å². The van der Waals surface area contributed by atoms with Gasteiger partial charge in [0.2, 0.25) is 6.41 Å². The Morgan fingerprint density at radius 3 is 2.88 bits per heavy atom. The van der Waals surface area contributed by atoms with E-state index in [1.54, 1.807) is 19.9 Å². The van der Waals surface area contributed by atoms with Crippen LogP contribution in [-0.2, 0) is 15.0 Å². The van der Waals surface area contributed by atoms with Gasteiger partial charge in [-0.15, -0.1) is 0 Å². The number of anilines is 1. The minimum absolute atomic E-state index is 0.0226. The molecule has 1 heterocycles. The summed E-state index contributed by atoms with van der Waals surface area (Å²) in [6, 6.07) is 2.80. The Morgan fingerprint density at radius 1 is 1.56 bits per heavy atom. The number of carbonyl (C=O) groups excluding carboxylic acids is 1. The van der Waals surface area contributed by atoms with E-state index in [-0.39, 0.29) is 11.2 Å². The number of hydrogen-bond donors (Lipinski definition) is 2. The number of nitrogens with one attached hydrogen (secondary N) is 1. The maximum absolute atomic E-state index is 13.5. The number of halogens is 1. The van der Waals surface area contributed by atoms with Crippen molar-refractivity contribution < 1.29 is 18.9 Å². The van der Waals surface area contributed by atoms with E-state index in [1.165, 1.54) is 6.07 Å². The molecule has 1 aliphatic rings. The van der Waals surface area contributed by atoms with Crippen LogP contribution in [-0.4, -0.2) is 18.6 Å². The first-order chi connectivity index (χ1) is 7.47. The molecule has 1 amide bonds. The van der Waals surface area contributed by atoms with Gasteiger partial charge in [-0.3, -0.25) is 4.79 Å². The number of hydrogen-bond acceptors (Lipinski definition) is 3. The topological polar surface area (TPSA) is 58.6 Å². The Balaban J connectivity index is 2.64. The average Bonchev–Trinajstić information content (AvgIpc) is 2.42. The minimum Gasteiger partial charge on any atom is -0.423 e. The van der Waals surface area contributed by atoms with E-state index in [1.807, 2.05) is 0 Å². The van der Waals surface area contributed by atoms with Crippen molar-refractivity contribution in [1.82, 2.24) is 0 Å². The Morgan fingerprint density at radius 2 is 2.25 bits per heavy atom. The second-order valence-electron chi connectivity index (χ2n) is 4.13. The first kappa shape index (κ1) is 11.1. The summed E-state index contributed by atoms with van der Waals surface area (Å²) in [5.74, 6) is -0.591. The van der Waals surface area contributed by atoms with Crippen LogP contribution < -0.4 is 10.8 Å². The predicted molar refractivity (Wildman–Crippen MR) is 57.8 cm³/mol. The van der Waals surface area contributed by atoms with Crippen molar-refractivity contribution in [3.05, 3.63) is 23.5 Å². The number of rotatable bonds is 2. The monoisotopic (exact) mass is 223 g/mol. The van der Waals surface area contributed by atoms with Gasteiger partial charge >= 0.3 is 7.12 Å². The molecule has 84 valence electrons. The molecular formula is C10H11BFNO3. The fourth-order valence-corrected chi connectivity index (χ4v) is 1.98. The summed E-state index contributed by atoms with van der Waals surface area (Å²) in [4.78, 5) is 10.4. The average molecular weight is 223 g/mol. The Hall–Kier alpha value is -1.40. The number of carbonyl (C=O) groups is 1. The molecule has 0 unspecified atom stereocenters. The van der Waals surface area contributed by atoms with E-state index >= 15 is 0 Å². The summed E-state index contributed by atoms with van der Waals surface area (Å²) in [7, 11) is -1.22. The highest BCUT2D eigenvalue weighted by Crippen LogP contribution is 2.32. The molecule has 1 aliphatic heterocycles. The lowest BCUT2D eigenvalue weighted by atomic mass is 9.77. The molecule has 2 rings (SSSR count). The molecule has 0 aromatic heterocycles. The third-order valence-corrected chi connectivity index (χ3v) is 2.70. The van der Waals surface area contributed by atoms with Crippen LogP contribution in [0.2, 0.25) is 0 Å². The molecule has 0 bridgehead atoms.